The minimum Gasteiger partial charge on any atom is -0.477 e. The highest BCUT2D eigenvalue weighted by atomic mass is 32.1. The van der Waals surface area contributed by atoms with E-state index in [1.54, 1.807) is 0 Å². The third kappa shape index (κ3) is 2.12. The number of rotatable bonds is 3. The summed E-state index contributed by atoms with van der Waals surface area (Å²) in [4.78, 5) is 16.5. The van der Waals surface area contributed by atoms with Gasteiger partial charge in [-0.05, 0) is 23.6 Å². The van der Waals surface area contributed by atoms with E-state index in [9.17, 15) is 9.90 Å². The molecule has 0 bridgehead atoms. The number of thiazole rings is 1. The van der Waals surface area contributed by atoms with E-state index in [-0.39, 0.29) is 0 Å². The van der Waals surface area contributed by atoms with Gasteiger partial charge in [0.05, 0.1) is 5.69 Å². The third-order valence-electron chi connectivity index (χ3n) is 3.83. The van der Waals surface area contributed by atoms with Crippen molar-refractivity contribution >= 4 is 28.1 Å². The van der Waals surface area contributed by atoms with Gasteiger partial charge >= 0.3 is 5.97 Å². The van der Waals surface area contributed by atoms with Crippen LogP contribution in [0.2, 0.25) is 0 Å². The van der Waals surface area contributed by atoms with E-state index < -0.39 is 5.97 Å². The zero-order valence-electron chi connectivity index (χ0n) is 11.2. The molecule has 104 valence electrons. The van der Waals surface area contributed by atoms with E-state index in [2.05, 4.69) is 23.2 Å². The average molecular weight is 295 g/mol. The fraction of sp³-hybridized carbons (Fsp3) is 0.176. The lowest BCUT2D eigenvalue weighted by Gasteiger charge is -2.02. The third-order valence-corrected chi connectivity index (χ3v) is 4.92. The number of fused-ring (bicyclic) bond motifs is 1. The monoisotopic (exact) mass is 295 g/mol. The Hall–Kier alpha value is -2.20. The summed E-state index contributed by atoms with van der Waals surface area (Å²) < 4.78 is 0. The van der Waals surface area contributed by atoms with Gasteiger partial charge < -0.3 is 5.11 Å². The molecule has 1 N–H and O–H groups in total. The molecule has 0 amide bonds. The molecule has 4 heteroatoms. The summed E-state index contributed by atoms with van der Waals surface area (Å²) in [6.07, 6.45) is 2.11. The minimum atomic E-state index is -0.860. The molecule has 0 atom stereocenters. The van der Waals surface area contributed by atoms with Gasteiger partial charge in [-0.2, -0.15) is 0 Å². The van der Waals surface area contributed by atoms with Crippen molar-refractivity contribution in [2.24, 2.45) is 0 Å². The van der Waals surface area contributed by atoms with Crippen LogP contribution in [0.15, 0.2) is 42.5 Å². The number of carbonyl (C=O) groups is 1. The van der Waals surface area contributed by atoms with E-state index in [0.29, 0.717) is 10.8 Å². The standard InChI is InChI=1S/C17H13NO2S/c19-17(20)15-14(11-8-9-11)18-16(21-15)13-7-3-5-10-4-1-2-6-12(10)13/h1-7,11H,8-9H2,(H,19,20). The van der Waals surface area contributed by atoms with Crippen LogP contribution in [0, 0.1) is 0 Å². The fourth-order valence-corrected chi connectivity index (χ4v) is 3.68. The molecule has 1 aliphatic carbocycles. The molecule has 0 spiro atoms. The van der Waals surface area contributed by atoms with Crippen LogP contribution in [0.3, 0.4) is 0 Å². The molecule has 4 rings (SSSR count). The van der Waals surface area contributed by atoms with Gasteiger partial charge in [0, 0.05) is 11.5 Å². The Labute approximate surface area is 125 Å². The predicted molar refractivity (Wildman–Crippen MR) is 84.0 cm³/mol. The smallest absolute Gasteiger partial charge is 0.347 e. The van der Waals surface area contributed by atoms with Gasteiger partial charge in [0.25, 0.3) is 0 Å². The first-order valence-electron chi connectivity index (χ1n) is 6.96. The van der Waals surface area contributed by atoms with Gasteiger partial charge in [-0.1, -0.05) is 42.5 Å². The van der Waals surface area contributed by atoms with Gasteiger partial charge in [0.15, 0.2) is 0 Å². The lowest BCUT2D eigenvalue weighted by Crippen LogP contribution is -1.97. The van der Waals surface area contributed by atoms with Crippen molar-refractivity contribution in [2.75, 3.05) is 0 Å². The number of carboxylic acids is 1. The maximum absolute atomic E-state index is 11.4. The quantitative estimate of drug-likeness (QED) is 0.771. The number of hydrogen-bond acceptors (Lipinski definition) is 3. The summed E-state index contributed by atoms with van der Waals surface area (Å²) >= 11 is 1.29. The van der Waals surface area contributed by atoms with Crippen LogP contribution in [0.25, 0.3) is 21.3 Å². The van der Waals surface area contributed by atoms with E-state index in [0.717, 1.165) is 39.9 Å². The molecule has 0 aliphatic heterocycles. The van der Waals surface area contributed by atoms with E-state index in [4.69, 9.17) is 0 Å². The van der Waals surface area contributed by atoms with E-state index in [1.165, 1.54) is 11.3 Å². The highest BCUT2D eigenvalue weighted by Gasteiger charge is 2.32. The molecule has 1 aliphatic rings. The first-order valence-corrected chi connectivity index (χ1v) is 7.78. The number of aromatic nitrogens is 1. The largest absolute Gasteiger partial charge is 0.477 e. The van der Waals surface area contributed by atoms with E-state index >= 15 is 0 Å². The number of carboxylic acid groups (broad SMARTS) is 1. The maximum atomic E-state index is 11.4. The zero-order chi connectivity index (χ0) is 14.4. The molecule has 1 saturated carbocycles. The second kappa shape index (κ2) is 4.67. The first kappa shape index (κ1) is 12.5. The van der Waals surface area contributed by atoms with Crippen molar-refractivity contribution in [1.29, 1.82) is 0 Å². The highest BCUT2D eigenvalue weighted by molar-refractivity contribution is 7.17. The molecular formula is C17H13NO2S. The van der Waals surface area contributed by atoms with Crippen LogP contribution in [-0.2, 0) is 0 Å². The highest BCUT2D eigenvalue weighted by Crippen LogP contribution is 2.44. The molecule has 1 heterocycles. The maximum Gasteiger partial charge on any atom is 0.347 e. The SMILES string of the molecule is O=C(O)c1sc(-c2cccc3ccccc23)nc1C1CC1. The second-order valence-corrected chi connectivity index (χ2v) is 6.34. The Morgan fingerprint density at radius 2 is 1.90 bits per heavy atom. The molecule has 1 aromatic heterocycles. The first-order chi connectivity index (χ1) is 10.2. The molecule has 0 saturated heterocycles. The Morgan fingerprint density at radius 1 is 1.14 bits per heavy atom. The normalized spacial score (nSPS) is 14.5. The number of hydrogen-bond donors (Lipinski definition) is 1. The van der Waals surface area contributed by atoms with Crippen molar-refractivity contribution in [3.8, 4) is 10.6 Å². The van der Waals surface area contributed by atoms with Crippen LogP contribution >= 0.6 is 11.3 Å². The van der Waals surface area contributed by atoms with Crippen molar-refractivity contribution in [3.05, 3.63) is 53.0 Å². The van der Waals surface area contributed by atoms with Gasteiger partial charge in [0.1, 0.15) is 9.88 Å². The Balaban J connectivity index is 1.93. The van der Waals surface area contributed by atoms with Gasteiger partial charge in [-0.3, -0.25) is 0 Å². The van der Waals surface area contributed by atoms with Crippen LogP contribution in [0.4, 0.5) is 0 Å². The van der Waals surface area contributed by atoms with Crippen LogP contribution in [-0.4, -0.2) is 16.1 Å². The van der Waals surface area contributed by atoms with Crippen molar-refractivity contribution < 1.29 is 9.90 Å². The molecule has 2 aromatic carbocycles. The topological polar surface area (TPSA) is 50.2 Å². The Morgan fingerprint density at radius 3 is 2.67 bits per heavy atom. The summed E-state index contributed by atoms with van der Waals surface area (Å²) in [7, 11) is 0. The molecule has 21 heavy (non-hydrogen) atoms. The number of benzene rings is 2. The minimum absolute atomic E-state index is 0.344. The summed E-state index contributed by atoms with van der Waals surface area (Å²) in [5.74, 6) is -0.517. The van der Waals surface area contributed by atoms with E-state index in [1.807, 2.05) is 24.3 Å². The average Bonchev–Trinajstić information content (AvgIpc) is 3.25. The van der Waals surface area contributed by atoms with Gasteiger partial charge in [-0.15, -0.1) is 11.3 Å². The van der Waals surface area contributed by atoms with Crippen LogP contribution in [0.5, 0.6) is 0 Å². The van der Waals surface area contributed by atoms with Gasteiger partial charge in [0.2, 0.25) is 0 Å². The predicted octanol–water partition coefficient (Wildman–Crippen LogP) is 4.54. The lowest BCUT2D eigenvalue weighted by molar-refractivity contribution is 0.0700. The fourth-order valence-electron chi connectivity index (χ4n) is 2.65. The van der Waals surface area contributed by atoms with Crippen molar-refractivity contribution in [2.45, 2.75) is 18.8 Å². The molecular weight excluding hydrogens is 282 g/mol. The van der Waals surface area contributed by atoms with Crippen LogP contribution < -0.4 is 0 Å². The molecule has 3 aromatic rings. The second-order valence-electron chi connectivity index (χ2n) is 5.34. The summed E-state index contributed by atoms with van der Waals surface area (Å²) in [6.45, 7) is 0. The zero-order valence-corrected chi connectivity index (χ0v) is 12.1. The number of nitrogens with zero attached hydrogens (tertiary/aromatic N) is 1. The summed E-state index contributed by atoms with van der Waals surface area (Å²) in [6, 6.07) is 14.2. The molecule has 0 unspecified atom stereocenters. The molecule has 1 fully saturated rings. The molecule has 3 nitrogen and oxygen atoms in total. The summed E-state index contributed by atoms with van der Waals surface area (Å²) in [5, 5.41) is 12.5. The summed E-state index contributed by atoms with van der Waals surface area (Å²) in [5.41, 5.74) is 1.79. The molecule has 0 radical (unpaired) electrons. The van der Waals surface area contributed by atoms with Crippen LogP contribution in [0.1, 0.15) is 34.1 Å². The lowest BCUT2D eigenvalue weighted by atomic mass is 10.1. The number of aromatic carboxylic acids is 1. The Bertz CT molecular complexity index is 844. The van der Waals surface area contributed by atoms with Gasteiger partial charge in [-0.25, -0.2) is 9.78 Å². The Kier molecular flexibility index (Phi) is 2.79. The van der Waals surface area contributed by atoms with Crippen molar-refractivity contribution in [1.82, 2.24) is 4.98 Å². The van der Waals surface area contributed by atoms with Crippen molar-refractivity contribution in [3.63, 3.8) is 0 Å².